The number of nitrogens with zero attached hydrogens (tertiary/aromatic N) is 1. The summed E-state index contributed by atoms with van der Waals surface area (Å²) >= 11 is 0. The van der Waals surface area contributed by atoms with Crippen molar-refractivity contribution in [2.24, 2.45) is 0 Å². The van der Waals surface area contributed by atoms with Crippen molar-refractivity contribution in [3.8, 4) is 22.5 Å². The Morgan fingerprint density at radius 2 is 1.39 bits per heavy atom. The van der Waals surface area contributed by atoms with E-state index in [1.165, 1.54) is 48.8 Å². The highest BCUT2D eigenvalue weighted by atomic mass is 14.9. The molecule has 5 rings (SSSR count). The molecular formula is C25H25N3. The van der Waals surface area contributed by atoms with E-state index in [9.17, 15) is 0 Å². The molecule has 1 saturated carbocycles. The molecule has 4 aromatic rings. The van der Waals surface area contributed by atoms with Crippen molar-refractivity contribution in [3.63, 3.8) is 0 Å². The molecule has 1 heterocycles. The summed E-state index contributed by atoms with van der Waals surface area (Å²) < 4.78 is 0. The van der Waals surface area contributed by atoms with Crippen molar-refractivity contribution in [2.75, 3.05) is 5.73 Å². The van der Waals surface area contributed by atoms with Gasteiger partial charge in [-0.25, -0.2) is 4.98 Å². The Kier molecular flexibility index (Phi) is 4.36. The van der Waals surface area contributed by atoms with Crippen LogP contribution in [0.5, 0.6) is 0 Å². The number of rotatable bonds is 3. The zero-order chi connectivity index (χ0) is 18.9. The fourth-order valence-corrected chi connectivity index (χ4v) is 4.37. The second kappa shape index (κ2) is 7.16. The molecule has 3 aromatic carbocycles. The quantitative estimate of drug-likeness (QED) is 0.405. The molecule has 0 unspecified atom stereocenters. The minimum Gasteiger partial charge on any atom is -0.399 e. The van der Waals surface area contributed by atoms with Crippen LogP contribution < -0.4 is 5.73 Å². The number of imidazole rings is 1. The summed E-state index contributed by atoms with van der Waals surface area (Å²) in [6, 6.07) is 23.5. The van der Waals surface area contributed by atoms with Crippen LogP contribution in [0.4, 0.5) is 5.69 Å². The SMILES string of the molecule is Nc1ccc2nc(-c3ccc(-c4ccc(C5CCCCC5)cc4)cc3)[nH]c2c1. The Morgan fingerprint density at radius 3 is 2.11 bits per heavy atom. The second-order valence-corrected chi connectivity index (χ2v) is 7.90. The van der Waals surface area contributed by atoms with Gasteiger partial charge in [-0.15, -0.1) is 0 Å². The summed E-state index contributed by atoms with van der Waals surface area (Å²) in [7, 11) is 0. The van der Waals surface area contributed by atoms with Gasteiger partial charge in [-0.3, -0.25) is 0 Å². The Bertz CT molecular complexity index is 1090. The van der Waals surface area contributed by atoms with E-state index in [-0.39, 0.29) is 0 Å². The van der Waals surface area contributed by atoms with E-state index < -0.39 is 0 Å². The van der Waals surface area contributed by atoms with Gasteiger partial charge in [0.15, 0.2) is 0 Å². The number of hydrogen-bond acceptors (Lipinski definition) is 2. The van der Waals surface area contributed by atoms with Gasteiger partial charge in [-0.05, 0) is 53.6 Å². The molecule has 0 amide bonds. The summed E-state index contributed by atoms with van der Waals surface area (Å²) in [4.78, 5) is 8.04. The molecule has 3 N–H and O–H groups in total. The largest absolute Gasteiger partial charge is 0.399 e. The van der Waals surface area contributed by atoms with Crippen LogP contribution in [-0.4, -0.2) is 9.97 Å². The van der Waals surface area contributed by atoms with Crippen LogP contribution in [0.2, 0.25) is 0 Å². The van der Waals surface area contributed by atoms with E-state index in [1.807, 2.05) is 18.2 Å². The molecule has 0 atom stereocenters. The Hall–Kier alpha value is -3.07. The maximum Gasteiger partial charge on any atom is 0.138 e. The lowest BCUT2D eigenvalue weighted by Gasteiger charge is -2.22. The number of aromatic amines is 1. The summed E-state index contributed by atoms with van der Waals surface area (Å²) in [6.45, 7) is 0. The van der Waals surface area contributed by atoms with E-state index >= 15 is 0 Å². The van der Waals surface area contributed by atoms with Gasteiger partial charge in [-0.1, -0.05) is 67.8 Å². The topological polar surface area (TPSA) is 54.7 Å². The van der Waals surface area contributed by atoms with Gasteiger partial charge in [0, 0.05) is 11.3 Å². The molecule has 0 radical (unpaired) electrons. The van der Waals surface area contributed by atoms with Crippen molar-refractivity contribution in [1.29, 1.82) is 0 Å². The molecule has 3 heteroatoms. The van der Waals surface area contributed by atoms with Crippen LogP contribution >= 0.6 is 0 Å². The third-order valence-electron chi connectivity index (χ3n) is 5.98. The molecule has 0 aliphatic heterocycles. The molecule has 1 aromatic heterocycles. The smallest absolute Gasteiger partial charge is 0.138 e. The Labute approximate surface area is 165 Å². The highest BCUT2D eigenvalue weighted by Crippen LogP contribution is 2.34. The standard InChI is InChI=1S/C25H25N3/c26-22-14-15-23-24(16-22)28-25(27-23)21-12-10-20(11-13-21)19-8-6-18(7-9-19)17-4-2-1-3-5-17/h6-17H,1-5,26H2,(H,27,28). The maximum absolute atomic E-state index is 5.87. The van der Waals surface area contributed by atoms with Crippen molar-refractivity contribution in [1.82, 2.24) is 9.97 Å². The van der Waals surface area contributed by atoms with Crippen molar-refractivity contribution in [3.05, 3.63) is 72.3 Å². The molecule has 140 valence electrons. The van der Waals surface area contributed by atoms with Gasteiger partial charge in [0.2, 0.25) is 0 Å². The molecule has 1 aliphatic carbocycles. The third kappa shape index (κ3) is 3.29. The van der Waals surface area contributed by atoms with Gasteiger partial charge in [0.05, 0.1) is 11.0 Å². The van der Waals surface area contributed by atoms with Crippen LogP contribution in [0, 0.1) is 0 Å². The first-order chi connectivity index (χ1) is 13.8. The van der Waals surface area contributed by atoms with Gasteiger partial charge in [-0.2, -0.15) is 0 Å². The van der Waals surface area contributed by atoms with E-state index in [1.54, 1.807) is 0 Å². The lowest BCUT2D eigenvalue weighted by molar-refractivity contribution is 0.443. The van der Waals surface area contributed by atoms with Crippen LogP contribution in [0.15, 0.2) is 66.7 Å². The lowest BCUT2D eigenvalue weighted by Crippen LogP contribution is -2.04. The van der Waals surface area contributed by atoms with Crippen molar-refractivity contribution >= 4 is 16.7 Å². The monoisotopic (exact) mass is 367 g/mol. The molecule has 1 aliphatic rings. The summed E-state index contributed by atoms with van der Waals surface area (Å²) in [5, 5.41) is 0. The highest BCUT2D eigenvalue weighted by Gasteiger charge is 2.15. The zero-order valence-electron chi connectivity index (χ0n) is 16.0. The van der Waals surface area contributed by atoms with Crippen LogP contribution in [0.25, 0.3) is 33.5 Å². The minimum atomic E-state index is 0.745. The molecule has 1 fully saturated rings. The van der Waals surface area contributed by atoms with Crippen molar-refractivity contribution < 1.29 is 0 Å². The van der Waals surface area contributed by atoms with Gasteiger partial charge >= 0.3 is 0 Å². The van der Waals surface area contributed by atoms with Gasteiger partial charge in [0.25, 0.3) is 0 Å². The number of nitrogens with two attached hydrogens (primary N) is 1. The van der Waals surface area contributed by atoms with Crippen molar-refractivity contribution in [2.45, 2.75) is 38.0 Å². The first-order valence-electron chi connectivity index (χ1n) is 10.2. The Balaban J connectivity index is 1.38. The average molecular weight is 367 g/mol. The number of fused-ring (bicyclic) bond motifs is 1. The summed E-state index contributed by atoms with van der Waals surface area (Å²) in [5.41, 5.74) is 13.6. The molecule has 0 bridgehead atoms. The lowest BCUT2D eigenvalue weighted by atomic mass is 9.84. The normalized spacial score (nSPS) is 15.1. The van der Waals surface area contributed by atoms with E-state index in [2.05, 4.69) is 58.5 Å². The molecular weight excluding hydrogens is 342 g/mol. The fourth-order valence-electron chi connectivity index (χ4n) is 4.37. The summed E-state index contributed by atoms with van der Waals surface area (Å²) in [6.07, 6.45) is 6.85. The maximum atomic E-state index is 5.87. The minimum absolute atomic E-state index is 0.745. The number of anilines is 1. The van der Waals surface area contributed by atoms with Gasteiger partial charge < -0.3 is 10.7 Å². The molecule has 28 heavy (non-hydrogen) atoms. The first-order valence-corrected chi connectivity index (χ1v) is 10.2. The number of aromatic nitrogens is 2. The van der Waals surface area contributed by atoms with E-state index in [4.69, 9.17) is 5.73 Å². The second-order valence-electron chi connectivity index (χ2n) is 7.90. The third-order valence-corrected chi connectivity index (χ3v) is 5.98. The average Bonchev–Trinajstić information content (AvgIpc) is 3.18. The number of benzene rings is 3. The zero-order valence-corrected chi connectivity index (χ0v) is 16.0. The van der Waals surface area contributed by atoms with Crippen LogP contribution in [0.3, 0.4) is 0 Å². The Morgan fingerprint density at radius 1 is 0.750 bits per heavy atom. The first kappa shape index (κ1) is 17.1. The molecule has 0 saturated heterocycles. The predicted molar refractivity (Wildman–Crippen MR) is 117 cm³/mol. The molecule has 0 spiro atoms. The van der Waals surface area contributed by atoms with Crippen LogP contribution in [0.1, 0.15) is 43.6 Å². The number of hydrogen-bond donors (Lipinski definition) is 2. The highest BCUT2D eigenvalue weighted by molar-refractivity contribution is 5.82. The number of nitrogen functional groups attached to an aromatic ring is 1. The summed E-state index contributed by atoms with van der Waals surface area (Å²) in [5.74, 6) is 1.63. The number of H-pyrrole nitrogens is 1. The van der Waals surface area contributed by atoms with Gasteiger partial charge in [0.1, 0.15) is 5.82 Å². The van der Waals surface area contributed by atoms with Crippen LogP contribution in [-0.2, 0) is 0 Å². The van der Waals surface area contributed by atoms with E-state index in [0.29, 0.717) is 0 Å². The molecule has 3 nitrogen and oxygen atoms in total. The fraction of sp³-hybridized carbons (Fsp3) is 0.240. The predicted octanol–water partition coefficient (Wildman–Crippen LogP) is 6.53. The number of nitrogens with one attached hydrogen (secondary N) is 1. The van der Waals surface area contributed by atoms with E-state index in [0.717, 1.165) is 34.0 Å².